The molecule has 4 heterocycles. The number of piperidine rings is 1. The molecule has 1 spiro atoms. The van der Waals surface area contributed by atoms with E-state index in [0.29, 0.717) is 37.4 Å². The standard InChI is InChI=1S/C20H25F3N6O2S/c1-11-15(24)19(10-31-11)4-7-29(8-5-19)18-27-16(25)14(17(30)28(18)2)32-13-3-6-26-9-12(13)20(21,22)23/h3,6,9,11,15H,4-5,7-8,10,24-25H2,1-2H3/t11-,15+/m0/s1. The van der Waals surface area contributed by atoms with Crippen LogP contribution in [-0.4, -0.2) is 46.4 Å². The summed E-state index contributed by atoms with van der Waals surface area (Å²) in [6.45, 7) is 3.83. The zero-order chi connectivity index (χ0) is 23.3. The molecular weight excluding hydrogens is 445 g/mol. The molecule has 2 aromatic rings. The zero-order valence-electron chi connectivity index (χ0n) is 17.7. The number of anilines is 2. The summed E-state index contributed by atoms with van der Waals surface area (Å²) >= 11 is 0.647. The first-order valence-corrected chi connectivity index (χ1v) is 11.0. The molecule has 0 amide bonds. The Morgan fingerprint density at radius 3 is 2.59 bits per heavy atom. The molecule has 8 nitrogen and oxygen atoms in total. The number of hydrogen-bond acceptors (Lipinski definition) is 8. The van der Waals surface area contributed by atoms with Crippen molar-refractivity contribution in [1.82, 2.24) is 14.5 Å². The molecule has 2 atom stereocenters. The van der Waals surface area contributed by atoms with Gasteiger partial charge in [0.05, 0.1) is 18.3 Å². The van der Waals surface area contributed by atoms with Gasteiger partial charge in [0.1, 0.15) is 10.7 Å². The van der Waals surface area contributed by atoms with Gasteiger partial charge in [-0.2, -0.15) is 18.2 Å². The second-order valence-electron chi connectivity index (χ2n) is 8.35. The van der Waals surface area contributed by atoms with Gasteiger partial charge >= 0.3 is 6.18 Å². The second kappa shape index (κ2) is 8.23. The van der Waals surface area contributed by atoms with Crippen LogP contribution >= 0.6 is 11.8 Å². The van der Waals surface area contributed by atoms with Crippen molar-refractivity contribution in [2.75, 3.05) is 30.3 Å². The highest BCUT2D eigenvalue weighted by Gasteiger charge is 2.48. The van der Waals surface area contributed by atoms with Crippen molar-refractivity contribution in [1.29, 1.82) is 0 Å². The SMILES string of the molecule is C[C@@H]1OCC2(CCN(c3nc(N)c(Sc4ccncc4C(F)(F)F)c(=O)n3C)CC2)[C@@H]1N. The molecule has 0 aromatic carbocycles. The molecule has 2 aliphatic heterocycles. The Morgan fingerprint density at radius 1 is 1.31 bits per heavy atom. The molecule has 12 heteroatoms. The van der Waals surface area contributed by atoms with Crippen LogP contribution in [0.25, 0.3) is 0 Å². The van der Waals surface area contributed by atoms with Gasteiger partial charge in [-0.25, -0.2) is 0 Å². The highest BCUT2D eigenvalue weighted by atomic mass is 32.2. The summed E-state index contributed by atoms with van der Waals surface area (Å²) < 4.78 is 47.0. The lowest BCUT2D eigenvalue weighted by Gasteiger charge is -2.41. The van der Waals surface area contributed by atoms with Crippen molar-refractivity contribution >= 4 is 23.5 Å². The number of ether oxygens (including phenoxy) is 1. The van der Waals surface area contributed by atoms with Gasteiger partial charge < -0.3 is 21.1 Å². The lowest BCUT2D eigenvalue weighted by molar-refractivity contribution is -0.140. The van der Waals surface area contributed by atoms with Crippen LogP contribution in [0.2, 0.25) is 0 Å². The molecule has 4 N–H and O–H groups in total. The summed E-state index contributed by atoms with van der Waals surface area (Å²) in [5.41, 5.74) is 10.9. The van der Waals surface area contributed by atoms with Crippen molar-refractivity contribution in [3.63, 3.8) is 0 Å². The molecule has 0 saturated carbocycles. The Morgan fingerprint density at radius 2 is 2.00 bits per heavy atom. The van der Waals surface area contributed by atoms with E-state index >= 15 is 0 Å². The van der Waals surface area contributed by atoms with Crippen molar-refractivity contribution in [2.45, 2.75) is 47.9 Å². The molecule has 0 radical (unpaired) electrons. The van der Waals surface area contributed by atoms with Gasteiger partial charge in [-0.1, -0.05) is 11.8 Å². The lowest BCUT2D eigenvalue weighted by Crippen LogP contribution is -2.51. The maximum absolute atomic E-state index is 13.3. The Labute approximate surface area is 187 Å². The van der Waals surface area contributed by atoms with E-state index in [1.165, 1.54) is 16.8 Å². The summed E-state index contributed by atoms with van der Waals surface area (Å²) in [5.74, 6) is 0.283. The molecule has 2 fully saturated rings. The summed E-state index contributed by atoms with van der Waals surface area (Å²) in [6.07, 6.45) is -1.05. The van der Waals surface area contributed by atoms with E-state index in [1.54, 1.807) is 7.05 Å². The molecule has 2 aliphatic rings. The van der Waals surface area contributed by atoms with Crippen LogP contribution in [0.3, 0.4) is 0 Å². The molecule has 0 bridgehead atoms. The number of pyridine rings is 1. The van der Waals surface area contributed by atoms with Crippen LogP contribution in [0.1, 0.15) is 25.3 Å². The fraction of sp³-hybridized carbons (Fsp3) is 0.550. The van der Waals surface area contributed by atoms with Gasteiger partial charge in [-0.3, -0.25) is 14.3 Å². The second-order valence-corrected chi connectivity index (χ2v) is 9.41. The number of nitrogens with two attached hydrogens (primary N) is 2. The highest BCUT2D eigenvalue weighted by Crippen LogP contribution is 2.42. The number of nitrogen functional groups attached to an aromatic ring is 1. The highest BCUT2D eigenvalue weighted by molar-refractivity contribution is 7.99. The number of aromatic nitrogens is 3. The maximum Gasteiger partial charge on any atom is 0.418 e. The fourth-order valence-electron chi connectivity index (χ4n) is 4.38. The van der Waals surface area contributed by atoms with Crippen LogP contribution in [0.4, 0.5) is 24.9 Å². The minimum absolute atomic E-state index is 0.00533. The lowest BCUT2D eigenvalue weighted by atomic mass is 9.73. The third-order valence-corrected chi connectivity index (χ3v) is 7.60. The number of nitrogens with zero attached hydrogens (tertiary/aromatic N) is 4. The quantitative estimate of drug-likeness (QED) is 0.703. The average Bonchev–Trinajstić information content (AvgIpc) is 3.02. The predicted octanol–water partition coefficient (Wildman–Crippen LogP) is 2.26. The van der Waals surface area contributed by atoms with Crippen LogP contribution < -0.4 is 21.9 Å². The van der Waals surface area contributed by atoms with Gasteiger partial charge in [0.2, 0.25) is 5.95 Å². The first kappa shape index (κ1) is 22.9. The number of hydrogen-bond donors (Lipinski definition) is 2. The first-order valence-electron chi connectivity index (χ1n) is 10.2. The summed E-state index contributed by atoms with van der Waals surface area (Å²) in [6, 6.07) is 1.16. The average molecular weight is 471 g/mol. The Hall–Kier alpha value is -2.31. The number of alkyl halides is 3. The van der Waals surface area contributed by atoms with Crippen LogP contribution in [0.15, 0.2) is 33.0 Å². The van der Waals surface area contributed by atoms with E-state index in [0.717, 1.165) is 19.0 Å². The molecule has 0 aliphatic carbocycles. The molecule has 2 aromatic heterocycles. The van der Waals surface area contributed by atoms with E-state index in [4.69, 9.17) is 16.2 Å². The van der Waals surface area contributed by atoms with Crippen LogP contribution in [0.5, 0.6) is 0 Å². The van der Waals surface area contributed by atoms with Gasteiger partial charge in [0, 0.05) is 48.9 Å². The minimum atomic E-state index is -4.60. The summed E-state index contributed by atoms with van der Waals surface area (Å²) in [5, 5.41) is 0. The minimum Gasteiger partial charge on any atom is -0.382 e. The summed E-state index contributed by atoms with van der Waals surface area (Å²) in [4.78, 5) is 22.7. The third kappa shape index (κ3) is 3.95. The van der Waals surface area contributed by atoms with Crippen molar-refractivity contribution in [2.24, 2.45) is 18.2 Å². The molecule has 2 saturated heterocycles. The third-order valence-electron chi connectivity index (χ3n) is 6.44. The zero-order valence-corrected chi connectivity index (χ0v) is 18.5. The predicted molar refractivity (Wildman–Crippen MR) is 115 cm³/mol. The molecular formula is C20H25F3N6O2S. The molecule has 0 unspecified atom stereocenters. The van der Waals surface area contributed by atoms with E-state index in [9.17, 15) is 18.0 Å². The Bertz CT molecular complexity index is 1070. The van der Waals surface area contributed by atoms with Crippen molar-refractivity contribution < 1.29 is 17.9 Å². The Balaban J connectivity index is 1.59. The monoisotopic (exact) mass is 470 g/mol. The van der Waals surface area contributed by atoms with Crippen molar-refractivity contribution in [3.8, 4) is 0 Å². The van der Waals surface area contributed by atoms with E-state index in [2.05, 4.69) is 9.97 Å². The molecule has 4 rings (SSSR count). The van der Waals surface area contributed by atoms with E-state index < -0.39 is 17.3 Å². The largest absolute Gasteiger partial charge is 0.418 e. The maximum atomic E-state index is 13.3. The van der Waals surface area contributed by atoms with Crippen LogP contribution in [-0.2, 0) is 18.0 Å². The number of halogens is 3. The van der Waals surface area contributed by atoms with E-state index in [-0.39, 0.29) is 33.2 Å². The topological polar surface area (TPSA) is 112 Å². The smallest absolute Gasteiger partial charge is 0.382 e. The Kier molecular flexibility index (Phi) is 5.88. The van der Waals surface area contributed by atoms with E-state index in [1.807, 2.05) is 11.8 Å². The van der Waals surface area contributed by atoms with Crippen molar-refractivity contribution in [3.05, 3.63) is 34.4 Å². The first-order chi connectivity index (χ1) is 15.0. The van der Waals surface area contributed by atoms with Gasteiger partial charge in [0.15, 0.2) is 0 Å². The normalized spacial score (nSPS) is 23.1. The number of rotatable bonds is 3. The fourth-order valence-corrected chi connectivity index (χ4v) is 5.39. The van der Waals surface area contributed by atoms with Crippen LogP contribution in [0, 0.1) is 5.41 Å². The van der Waals surface area contributed by atoms with Gasteiger partial charge in [-0.05, 0) is 25.8 Å². The summed E-state index contributed by atoms with van der Waals surface area (Å²) in [7, 11) is 1.54. The van der Waals surface area contributed by atoms with Gasteiger partial charge in [-0.15, -0.1) is 0 Å². The van der Waals surface area contributed by atoms with Gasteiger partial charge in [0.25, 0.3) is 5.56 Å². The molecule has 32 heavy (non-hydrogen) atoms. The molecule has 174 valence electrons.